The van der Waals surface area contributed by atoms with E-state index in [2.05, 4.69) is 10.4 Å². The van der Waals surface area contributed by atoms with Gasteiger partial charge in [-0.1, -0.05) is 26.0 Å². The summed E-state index contributed by atoms with van der Waals surface area (Å²) < 4.78 is 20.4. The molecule has 194 valence electrons. The number of nitrogens with one attached hydrogen (secondary N) is 1. The van der Waals surface area contributed by atoms with Gasteiger partial charge in [-0.3, -0.25) is 23.4 Å². The zero-order chi connectivity index (χ0) is 26.3. The van der Waals surface area contributed by atoms with E-state index in [9.17, 15) is 18.8 Å². The van der Waals surface area contributed by atoms with Crippen LogP contribution in [0.1, 0.15) is 44.7 Å². The Morgan fingerprint density at radius 1 is 1.14 bits per heavy atom. The molecule has 0 bridgehead atoms. The van der Waals surface area contributed by atoms with Gasteiger partial charge in [-0.15, -0.1) is 0 Å². The van der Waals surface area contributed by atoms with Crippen LogP contribution in [-0.4, -0.2) is 40.9 Å². The Labute approximate surface area is 212 Å². The standard InChI is InChI=1S/C26H30FN7O3/c1-4-9-32-24-22(25(36)33(10-5-2)26(32)37)31(3)23(30-24)18-14-29-34(15-18)21(17-12-20(35)28-13-17)16-7-6-8-19(27)11-16/h6-8,11,14-15,17,21H,4-5,9-10,12-13H2,1-3H3,(H,28,35). The second-order valence-corrected chi connectivity index (χ2v) is 9.53. The molecule has 2 atom stereocenters. The lowest BCUT2D eigenvalue weighted by Gasteiger charge is -2.23. The highest BCUT2D eigenvalue weighted by molar-refractivity contribution is 5.78. The molecule has 0 aliphatic carbocycles. The highest BCUT2D eigenvalue weighted by atomic mass is 19.1. The van der Waals surface area contributed by atoms with Gasteiger partial charge in [0.15, 0.2) is 11.2 Å². The molecular weight excluding hydrogens is 477 g/mol. The lowest BCUT2D eigenvalue weighted by Crippen LogP contribution is -2.40. The molecule has 11 heteroatoms. The highest BCUT2D eigenvalue weighted by Crippen LogP contribution is 2.32. The molecule has 2 unspecified atom stereocenters. The SMILES string of the molecule is CCCn1c(=O)c2c(nc(-c3cnn(C(c4cccc(F)c4)C4CNC(=O)C4)c3)n2C)n(CCC)c1=O. The largest absolute Gasteiger partial charge is 0.356 e. The Morgan fingerprint density at radius 2 is 1.89 bits per heavy atom. The molecule has 0 spiro atoms. The number of halogens is 1. The predicted molar refractivity (Wildman–Crippen MR) is 137 cm³/mol. The van der Waals surface area contributed by atoms with Gasteiger partial charge in [0, 0.05) is 45.2 Å². The number of amides is 1. The van der Waals surface area contributed by atoms with Gasteiger partial charge in [0.25, 0.3) is 5.56 Å². The summed E-state index contributed by atoms with van der Waals surface area (Å²) in [6.45, 7) is 5.13. The van der Waals surface area contributed by atoms with Crippen molar-refractivity contribution in [1.29, 1.82) is 0 Å². The molecule has 5 rings (SSSR count). The summed E-state index contributed by atoms with van der Waals surface area (Å²) in [7, 11) is 1.75. The molecule has 4 heterocycles. The minimum Gasteiger partial charge on any atom is -0.356 e. The van der Waals surface area contributed by atoms with E-state index in [1.54, 1.807) is 39.3 Å². The topological polar surface area (TPSA) is 109 Å². The zero-order valence-electron chi connectivity index (χ0n) is 21.1. The maximum atomic E-state index is 14.1. The molecule has 1 saturated heterocycles. The number of hydrogen-bond acceptors (Lipinski definition) is 5. The maximum absolute atomic E-state index is 14.1. The summed E-state index contributed by atoms with van der Waals surface area (Å²) >= 11 is 0. The van der Waals surface area contributed by atoms with Crippen LogP contribution in [0.3, 0.4) is 0 Å². The van der Waals surface area contributed by atoms with Crippen molar-refractivity contribution >= 4 is 17.1 Å². The first kappa shape index (κ1) is 24.7. The number of carbonyl (C=O) groups is 1. The van der Waals surface area contributed by atoms with Gasteiger partial charge < -0.3 is 9.88 Å². The number of aromatic nitrogens is 6. The first-order valence-electron chi connectivity index (χ1n) is 12.6. The second-order valence-electron chi connectivity index (χ2n) is 9.53. The van der Waals surface area contributed by atoms with Gasteiger partial charge in [-0.05, 0) is 30.5 Å². The van der Waals surface area contributed by atoms with E-state index in [0.29, 0.717) is 67.0 Å². The Kier molecular flexibility index (Phi) is 6.53. The summed E-state index contributed by atoms with van der Waals surface area (Å²) in [6.07, 6.45) is 5.12. The predicted octanol–water partition coefficient (Wildman–Crippen LogP) is 2.44. The molecule has 1 N–H and O–H groups in total. The summed E-state index contributed by atoms with van der Waals surface area (Å²) in [5.74, 6) is -0.0277. The Hall–Kier alpha value is -4.02. The van der Waals surface area contributed by atoms with Crippen LogP contribution < -0.4 is 16.6 Å². The fourth-order valence-electron chi connectivity index (χ4n) is 5.25. The van der Waals surface area contributed by atoms with Gasteiger partial charge in [-0.25, -0.2) is 14.2 Å². The van der Waals surface area contributed by atoms with Crippen molar-refractivity contribution < 1.29 is 9.18 Å². The van der Waals surface area contributed by atoms with Crippen LogP contribution in [0.25, 0.3) is 22.6 Å². The van der Waals surface area contributed by atoms with Crippen LogP contribution in [0.2, 0.25) is 0 Å². The average molecular weight is 508 g/mol. The Balaban J connectivity index is 1.64. The van der Waals surface area contributed by atoms with Gasteiger partial charge in [0.05, 0.1) is 17.8 Å². The average Bonchev–Trinajstić information content (AvgIpc) is 3.59. The van der Waals surface area contributed by atoms with Gasteiger partial charge in [0.1, 0.15) is 11.6 Å². The van der Waals surface area contributed by atoms with E-state index in [1.807, 2.05) is 19.9 Å². The van der Waals surface area contributed by atoms with E-state index in [-0.39, 0.29) is 34.9 Å². The lowest BCUT2D eigenvalue weighted by molar-refractivity contribution is -0.119. The fraction of sp³-hybridized carbons (Fsp3) is 0.423. The number of fused-ring (bicyclic) bond motifs is 1. The Bertz CT molecular complexity index is 1600. The number of hydrogen-bond donors (Lipinski definition) is 1. The molecule has 0 radical (unpaired) electrons. The smallest absolute Gasteiger partial charge is 0.332 e. The normalized spacial score (nSPS) is 16.4. The first-order chi connectivity index (χ1) is 17.8. The van der Waals surface area contributed by atoms with Crippen molar-refractivity contribution in [2.45, 2.75) is 52.2 Å². The van der Waals surface area contributed by atoms with E-state index < -0.39 is 0 Å². The van der Waals surface area contributed by atoms with Crippen LogP contribution in [0.15, 0.2) is 46.2 Å². The third-order valence-corrected chi connectivity index (χ3v) is 6.93. The van der Waals surface area contributed by atoms with E-state index >= 15 is 0 Å². The second kappa shape index (κ2) is 9.79. The highest BCUT2D eigenvalue weighted by Gasteiger charge is 2.33. The lowest BCUT2D eigenvalue weighted by atomic mass is 9.92. The molecule has 1 amide bonds. The van der Waals surface area contributed by atoms with Crippen LogP contribution in [0.5, 0.6) is 0 Å². The van der Waals surface area contributed by atoms with Crippen molar-refractivity contribution in [2.24, 2.45) is 13.0 Å². The summed E-state index contributed by atoms with van der Waals surface area (Å²) in [5, 5.41) is 7.43. The van der Waals surface area contributed by atoms with Crippen molar-refractivity contribution in [3.05, 3.63) is 68.9 Å². The van der Waals surface area contributed by atoms with Gasteiger partial charge >= 0.3 is 5.69 Å². The monoisotopic (exact) mass is 507 g/mol. The molecular formula is C26H30FN7O3. The number of carbonyl (C=O) groups excluding carboxylic acids is 1. The van der Waals surface area contributed by atoms with Crippen LogP contribution in [0, 0.1) is 11.7 Å². The zero-order valence-corrected chi connectivity index (χ0v) is 21.1. The molecule has 4 aromatic rings. The first-order valence-corrected chi connectivity index (χ1v) is 12.6. The number of benzene rings is 1. The molecule has 0 saturated carbocycles. The minimum absolute atomic E-state index is 0.0496. The maximum Gasteiger partial charge on any atom is 0.332 e. The quantitative estimate of drug-likeness (QED) is 0.394. The summed E-state index contributed by atoms with van der Waals surface area (Å²) in [4.78, 5) is 43.1. The molecule has 37 heavy (non-hydrogen) atoms. The number of nitrogens with zero attached hydrogens (tertiary/aromatic N) is 6. The summed E-state index contributed by atoms with van der Waals surface area (Å²) in [6, 6.07) is 5.94. The fourth-order valence-corrected chi connectivity index (χ4v) is 5.25. The molecule has 1 aromatic carbocycles. The van der Waals surface area contributed by atoms with Crippen molar-refractivity contribution in [3.8, 4) is 11.4 Å². The van der Waals surface area contributed by atoms with Crippen LogP contribution >= 0.6 is 0 Å². The molecule has 10 nitrogen and oxygen atoms in total. The van der Waals surface area contributed by atoms with Crippen LogP contribution in [-0.2, 0) is 24.9 Å². The van der Waals surface area contributed by atoms with Gasteiger partial charge in [0.2, 0.25) is 5.91 Å². The number of imidazole rings is 1. The van der Waals surface area contributed by atoms with E-state index in [4.69, 9.17) is 4.98 Å². The van der Waals surface area contributed by atoms with E-state index in [1.165, 1.54) is 16.7 Å². The van der Waals surface area contributed by atoms with Crippen molar-refractivity contribution in [2.75, 3.05) is 6.54 Å². The van der Waals surface area contributed by atoms with Gasteiger partial charge in [-0.2, -0.15) is 5.10 Å². The molecule has 1 aliphatic heterocycles. The molecule has 1 fully saturated rings. The summed E-state index contributed by atoms with van der Waals surface area (Å²) in [5.41, 5.74) is 1.34. The molecule has 1 aliphatic rings. The van der Waals surface area contributed by atoms with Crippen LogP contribution in [0.4, 0.5) is 4.39 Å². The molecule has 3 aromatic heterocycles. The third-order valence-electron chi connectivity index (χ3n) is 6.93. The number of rotatable bonds is 8. The van der Waals surface area contributed by atoms with Crippen molar-refractivity contribution in [3.63, 3.8) is 0 Å². The Morgan fingerprint density at radius 3 is 2.57 bits per heavy atom. The van der Waals surface area contributed by atoms with E-state index in [0.717, 1.165) is 0 Å². The number of aryl methyl sites for hydroxylation is 2. The third kappa shape index (κ3) is 4.28. The minimum atomic E-state index is -0.377. The van der Waals surface area contributed by atoms with Crippen molar-refractivity contribution in [1.82, 2.24) is 33.8 Å².